The number of methoxy groups -OCH3 is 1. The lowest BCUT2D eigenvalue weighted by molar-refractivity contribution is 0.415. The molecule has 6 aromatic carbocycles. The minimum absolute atomic E-state index is 0.269. The zero-order valence-corrected chi connectivity index (χ0v) is 22.4. The Bertz CT molecular complexity index is 2130. The molecule has 0 aliphatic heterocycles. The minimum atomic E-state index is 0.269. The highest BCUT2D eigenvalue weighted by atomic mass is 16.5. The number of fused-ring (bicyclic) bond motifs is 6. The van der Waals surface area contributed by atoms with Crippen molar-refractivity contribution in [2.24, 2.45) is 0 Å². The summed E-state index contributed by atoms with van der Waals surface area (Å²) in [6, 6.07) is 43.8. The Morgan fingerprint density at radius 2 is 0.902 bits per heavy atom. The number of aromatic hydroxyl groups is 1. The van der Waals surface area contributed by atoms with Crippen molar-refractivity contribution < 1.29 is 18.7 Å². The largest absolute Gasteiger partial charge is 0.508 e. The Labute approximate surface area is 236 Å². The maximum Gasteiger partial charge on any atom is 0.143 e. The molecule has 0 atom stereocenters. The Kier molecular flexibility index (Phi) is 6.14. The smallest absolute Gasteiger partial charge is 0.143 e. The van der Waals surface area contributed by atoms with E-state index in [2.05, 4.69) is 48.5 Å². The fourth-order valence-electron chi connectivity index (χ4n) is 5.36. The lowest BCUT2D eigenvalue weighted by atomic mass is 10.0. The molecule has 0 saturated carbocycles. The van der Waals surface area contributed by atoms with Crippen molar-refractivity contribution in [3.05, 3.63) is 133 Å². The molecule has 8 aromatic rings. The van der Waals surface area contributed by atoms with Crippen LogP contribution in [0.1, 0.15) is 0 Å². The SMILES string of the molecule is COc1ccc(-c2cccc3c2oc2ccccc23)cc1.Oc1ccc(-c2cccc3c2oc2ccccc23)cc1. The Morgan fingerprint density at radius 3 is 1.39 bits per heavy atom. The summed E-state index contributed by atoms with van der Waals surface area (Å²) < 4.78 is 17.3. The van der Waals surface area contributed by atoms with Crippen molar-refractivity contribution in [1.29, 1.82) is 0 Å². The molecule has 0 fully saturated rings. The molecular formula is C37H26O4. The predicted octanol–water partition coefficient (Wildman–Crippen LogP) is 10.2. The normalized spacial score (nSPS) is 11.1. The summed E-state index contributed by atoms with van der Waals surface area (Å²) in [5, 5.41) is 14.0. The average molecular weight is 535 g/mol. The average Bonchev–Trinajstić information content (AvgIpc) is 3.61. The molecule has 2 heterocycles. The highest BCUT2D eigenvalue weighted by Crippen LogP contribution is 2.37. The van der Waals surface area contributed by atoms with Crippen molar-refractivity contribution in [1.82, 2.24) is 0 Å². The molecule has 198 valence electrons. The van der Waals surface area contributed by atoms with Gasteiger partial charge in [-0.3, -0.25) is 0 Å². The molecular weight excluding hydrogens is 508 g/mol. The minimum Gasteiger partial charge on any atom is -0.508 e. The van der Waals surface area contributed by atoms with Gasteiger partial charge in [0.25, 0.3) is 0 Å². The van der Waals surface area contributed by atoms with E-state index in [0.29, 0.717) is 0 Å². The second-order valence-electron chi connectivity index (χ2n) is 9.84. The van der Waals surface area contributed by atoms with Crippen molar-refractivity contribution in [2.75, 3.05) is 7.11 Å². The van der Waals surface area contributed by atoms with Gasteiger partial charge in [-0.1, -0.05) is 97.1 Å². The van der Waals surface area contributed by atoms with E-state index in [1.165, 1.54) is 0 Å². The van der Waals surface area contributed by atoms with E-state index in [-0.39, 0.29) is 5.75 Å². The number of phenols is 1. The molecule has 0 aliphatic rings. The standard InChI is InChI=1S/C19H14O2.C18H12O2/c1-20-14-11-9-13(10-12-14)15-6-4-7-17-16-5-2-3-8-18(16)21-19(15)17;19-13-10-8-12(9-11-13)14-5-3-6-16-15-4-1-2-7-17(15)20-18(14)16/h2-12H,1H3;1-11,19H. The van der Waals surface area contributed by atoms with Gasteiger partial charge in [-0.05, 0) is 47.5 Å². The third-order valence-electron chi connectivity index (χ3n) is 7.39. The van der Waals surface area contributed by atoms with Crippen molar-refractivity contribution in [3.8, 4) is 33.8 Å². The van der Waals surface area contributed by atoms with E-state index >= 15 is 0 Å². The zero-order chi connectivity index (χ0) is 27.8. The van der Waals surface area contributed by atoms with Gasteiger partial charge in [0.1, 0.15) is 33.8 Å². The summed E-state index contributed by atoms with van der Waals surface area (Å²) in [5.41, 5.74) is 7.95. The van der Waals surface area contributed by atoms with Crippen molar-refractivity contribution in [3.63, 3.8) is 0 Å². The van der Waals surface area contributed by atoms with Crippen LogP contribution in [0.15, 0.2) is 142 Å². The van der Waals surface area contributed by atoms with Gasteiger partial charge >= 0.3 is 0 Å². The third-order valence-corrected chi connectivity index (χ3v) is 7.39. The molecule has 41 heavy (non-hydrogen) atoms. The molecule has 4 nitrogen and oxygen atoms in total. The molecule has 0 saturated heterocycles. The van der Waals surface area contributed by atoms with Crippen LogP contribution in [0.5, 0.6) is 11.5 Å². The van der Waals surface area contributed by atoms with E-state index in [9.17, 15) is 5.11 Å². The number of benzene rings is 6. The van der Waals surface area contributed by atoms with E-state index in [4.69, 9.17) is 13.6 Å². The molecule has 0 radical (unpaired) electrons. The molecule has 2 aromatic heterocycles. The van der Waals surface area contributed by atoms with Gasteiger partial charge in [0.05, 0.1) is 7.11 Å². The van der Waals surface area contributed by atoms with Gasteiger partial charge in [0, 0.05) is 32.7 Å². The first-order valence-corrected chi connectivity index (χ1v) is 13.4. The van der Waals surface area contributed by atoms with Crippen molar-refractivity contribution >= 4 is 43.9 Å². The van der Waals surface area contributed by atoms with Crippen LogP contribution in [0.2, 0.25) is 0 Å². The summed E-state index contributed by atoms with van der Waals surface area (Å²) >= 11 is 0. The second kappa shape index (κ2) is 10.2. The number of ether oxygens (including phenoxy) is 1. The van der Waals surface area contributed by atoms with E-state index in [1.54, 1.807) is 19.2 Å². The van der Waals surface area contributed by atoms with Crippen molar-refractivity contribution in [2.45, 2.75) is 0 Å². The van der Waals surface area contributed by atoms with E-state index in [1.807, 2.05) is 72.8 Å². The highest BCUT2D eigenvalue weighted by Gasteiger charge is 2.12. The molecule has 8 rings (SSSR count). The van der Waals surface area contributed by atoms with Gasteiger partial charge in [0.2, 0.25) is 0 Å². The molecule has 1 N–H and O–H groups in total. The fraction of sp³-hybridized carbons (Fsp3) is 0.0270. The van der Waals surface area contributed by atoms with Crippen LogP contribution >= 0.6 is 0 Å². The first-order valence-electron chi connectivity index (χ1n) is 13.4. The summed E-state index contributed by atoms with van der Waals surface area (Å²) in [6.07, 6.45) is 0. The van der Waals surface area contributed by atoms with Crippen LogP contribution in [-0.2, 0) is 0 Å². The van der Waals surface area contributed by atoms with Gasteiger partial charge in [-0.25, -0.2) is 0 Å². The molecule has 0 bridgehead atoms. The predicted molar refractivity (Wildman–Crippen MR) is 167 cm³/mol. The monoisotopic (exact) mass is 534 g/mol. The second-order valence-corrected chi connectivity index (χ2v) is 9.84. The van der Waals surface area contributed by atoms with Gasteiger partial charge in [0.15, 0.2) is 0 Å². The number of phenolic OH excluding ortho intramolecular Hbond substituents is 1. The summed E-state index contributed by atoms with van der Waals surface area (Å²) in [5.74, 6) is 1.13. The lowest BCUT2D eigenvalue weighted by Gasteiger charge is -2.04. The Balaban J connectivity index is 0.000000135. The maximum absolute atomic E-state index is 9.41. The van der Waals surface area contributed by atoms with E-state index < -0.39 is 0 Å². The van der Waals surface area contributed by atoms with E-state index in [0.717, 1.165) is 71.9 Å². The summed E-state index contributed by atoms with van der Waals surface area (Å²) in [7, 11) is 1.68. The van der Waals surface area contributed by atoms with Crippen LogP contribution in [0.25, 0.3) is 66.1 Å². The number of hydrogen-bond acceptors (Lipinski definition) is 4. The Hall–Kier alpha value is -5.48. The highest BCUT2D eigenvalue weighted by molar-refractivity contribution is 6.10. The molecule has 0 aliphatic carbocycles. The topological polar surface area (TPSA) is 55.7 Å². The number of hydrogen-bond donors (Lipinski definition) is 1. The lowest BCUT2D eigenvalue weighted by Crippen LogP contribution is -1.83. The summed E-state index contributed by atoms with van der Waals surface area (Å²) in [4.78, 5) is 0. The summed E-state index contributed by atoms with van der Waals surface area (Å²) in [6.45, 7) is 0. The van der Waals surface area contributed by atoms with Crippen LogP contribution in [-0.4, -0.2) is 12.2 Å². The van der Waals surface area contributed by atoms with Gasteiger partial charge in [-0.2, -0.15) is 0 Å². The van der Waals surface area contributed by atoms with Gasteiger partial charge < -0.3 is 18.7 Å². The van der Waals surface area contributed by atoms with Gasteiger partial charge in [-0.15, -0.1) is 0 Å². The first-order chi connectivity index (χ1) is 20.2. The molecule has 0 unspecified atom stereocenters. The Morgan fingerprint density at radius 1 is 0.463 bits per heavy atom. The maximum atomic E-state index is 9.41. The third kappa shape index (κ3) is 4.46. The molecule has 4 heteroatoms. The quantitative estimate of drug-likeness (QED) is 0.245. The number of rotatable bonds is 3. The van der Waals surface area contributed by atoms with Crippen LogP contribution < -0.4 is 4.74 Å². The fourth-order valence-corrected chi connectivity index (χ4v) is 5.36. The van der Waals surface area contributed by atoms with Crippen LogP contribution in [0.3, 0.4) is 0 Å². The molecule has 0 amide bonds. The number of furan rings is 2. The van der Waals surface area contributed by atoms with Crippen LogP contribution in [0.4, 0.5) is 0 Å². The zero-order valence-electron chi connectivity index (χ0n) is 22.4. The first kappa shape index (κ1) is 24.6. The number of para-hydroxylation sites is 4. The van der Waals surface area contributed by atoms with Crippen LogP contribution in [0, 0.1) is 0 Å². The molecule has 0 spiro atoms.